The molecule has 0 spiro atoms. The number of rotatable bonds is 5. The van der Waals surface area contributed by atoms with Crippen LogP contribution >= 0.6 is 0 Å². The number of amides is 1. The highest BCUT2D eigenvalue weighted by atomic mass is 16.5. The second kappa shape index (κ2) is 7.94. The molecule has 2 aromatic heterocycles. The Hall–Kier alpha value is -2.38. The fourth-order valence-electron chi connectivity index (χ4n) is 2.55. The molecule has 7 nitrogen and oxygen atoms in total. The number of hydrogen-bond acceptors (Lipinski definition) is 6. The maximum atomic E-state index is 12.4. The lowest BCUT2D eigenvalue weighted by Gasteiger charge is -2.31. The lowest BCUT2D eigenvalue weighted by Crippen LogP contribution is -2.50. The molecule has 3 heterocycles. The fraction of sp³-hybridized carbons (Fsp3) is 0.412. The number of nitrogens with zero attached hydrogens (tertiary/aromatic N) is 3. The van der Waals surface area contributed by atoms with Crippen molar-refractivity contribution in [3.05, 3.63) is 53.9 Å². The molecule has 1 amide bonds. The highest BCUT2D eigenvalue weighted by Crippen LogP contribution is 2.14. The zero-order valence-corrected chi connectivity index (χ0v) is 13.5. The first-order valence-corrected chi connectivity index (χ1v) is 7.92. The van der Waals surface area contributed by atoms with Crippen LogP contribution in [0.25, 0.3) is 0 Å². The van der Waals surface area contributed by atoms with Crippen molar-refractivity contribution in [1.82, 2.24) is 20.3 Å². The van der Waals surface area contributed by atoms with Gasteiger partial charge in [0.15, 0.2) is 0 Å². The Labute approximate surface area is 140 Å². The van der Waals surface area contributed by atoms with Gasteiger partial charge in [0.1, 0.15) is 11.5 Å². The van der Waals surface area contributed by atoms with Gasteiger partial charge in [0.2, 0.25) is 0 Å². The van der Waals surface area contributed by atoms with Crippen LogP contribution in [0.5, 0.6) is 0 Å². The zero-order chi connectivity index (χ0) is 16.8. The first-order valence-electron chi connectivity index (χ1n) is 7.92. The standard InChI is InChI=1S/C17H20N4O3/c1-12-18-8-5-14(20-12)17(22)21-15-11-23-9-6-16(15)24-10-13-4-2-3-7-19-13/h2-5,7-8,15-16H,6,9-11H2,1H3,(H,21,22)/t15-,16-/m1/s1. The minimum absolute atomic E-state index is 0.118. The molecule has 3 rings (SSSR count). The number of pyridine rings is 1. The van der Waals surface area contributed by atoms with Gasteiger partial charge in [0.05, 0.1) is 31.1 Å². The molecule has 0 saturated carbocycles. The van der Waals surface area contributed by atoms with Gasteiger partial charge < -0.3 is 14.8 Å². The molecule has 2 atom stereocenters. The van der Waals surface area contributed by atoms with Gasteiger partial charge in [-0.3, -0.25) is 9.78 Å². The minimum atomic E-state index is -0.248. The van der Waals surface area contributed by atoms with E-state index in [1.54, 1.807) is 25.4 Å². The van der Waals surface area contributed by atoms with Gasteiger partial charge in [0.25, 0.3) is 5.91 Å². The third-order valence-electron chi connectivity index (χ3n) is 3.79. The predicted octanol–water partition coefficient (Wildman–Crippen LogP) is 1.28. The Bertz CT molecular complexity index is 681. The average molecular weight is 328 g/mol. The van der Waals surface area contributed by atoms with Crippen LogP contribution in [0.4, 0.5) is 0 Å². The smallest absolute Gasteiger partial charge is 0.270 e. The SMILES string of the molecule is Cc1nccc(C(=O)N[C@@H]2COCC[C@H]2OCc2ccccn2)n1. The van der Waals surface area contributed by atoms with E-state index in [9.17, 15) is 4.79 Å². The van der Waals surface area contributed by atoms with E-state index < -0.39 is 0 Å². The van der Waals surface area contributed by atoms with E-state index >= 15 is 0 Å². The van der Waals surface area contributed by atoms with Crippen molar-refractivity contribution in [2.24, 2.45) is 0 Å². The number of carbonyl (C=O) groups is 1. The van der Waals surface area contributed by atoms with Crippen LogP contribution in [0.2, 0.25) is 0 Å². The summed E-state index contributed by atoms with van der Waals surface area (Å²) < 4.78 is 11.4. The van der Waals surface area contributed by atoms with Crippen LogP contribution in [-0.4, -0.2) is 46.2 Å². The van der Waals surface area contributed by atoms with Gasteiger partial charge in [-0.15, -0.1) is 0 Å². The summed E-state index contributed by atoms with van der Waals surface area (Å²) in [6.45, 7) is 3.19. The van der Waals surface area contributed by atoms with Crippen molar-refractivity contribution in [2.75, 3.05) is 13.2 Å². The average Bonchev–Trinajstić information content (AvgIpc) is 2.62. The Morgan fingerprint density at radius 1 is 1.33 bits per heavy atom. The quantitative estimate of drug-likeness (QED) is 0.890. The highest BCUT2D eigenvalue weighted by Gasteiger charge is 2.28. The molecule has 24 heavy (non-hydrogen) atoms. The normalized spacial score (nSPS) is 20.5. The van der Waals surface area contributed by atoms with Crippen LogP contribution in [-0.2, 0) is 16.1 Å². The maximum Gasteiger partial charge on any atom is 0.270 e. The van der Waals surface area contributed by atoms with Crippen molar-refractivity contribution in [1.29, 1.82) is 0 Å². The second-order valence-electron chi connectivity index (χ2n) is 5.60. The van der Waals surface area contributed by atoms with Crippen molar-refractivity contribution in [3.8, 4) is 0 Å². The number of carbonyl (C=O) groups excluding carboxylic acids is 1. The molecule has 0 aliphatic carbocycles. The third-order valence-corrected chi connectivity index (χ3v) is 3.79. The van der Waals surface area contributed by atoms with Crippen molar-refractivity contribution < 1.29 is 14.3 Å². The van der Waals surface area contributed by atoms with Crippen LogP contribution < -0.4 is 5.32 Å². The topological polar surface area (TPSA) is 86.2 Å². The Morgan fingerprint density at radius 3 is 3.04 bits per heavy atom. The first kappa shape index (κ1) is 16.5. The Kier molecular flexibility index (Phi) is 5.45. The third kappa shape index (κ3) is 4.33. The summed E-state index contributed by atoms with van der Waals surface area (Å²) >= 11 is 0. The Balaban J connectivity index is 1.60. The van der Waals surface area contributed by atoms with E-state index in [-0.39, 0.29) is 18.1 Å². The Morgan fingerprint density at radius 2 is 2.25 bits per heavy atom. The number of ether oxygens (including phenoxy) is 2. The summed E-state index contributed by atoms with van der Waals surface area (Å²) in [6.07, 6.45) is 3.91. The van der Waals surface area contributed by atoms with E-state index in [0.717, 1.165) is 12.1 Å². The van der Waals surface area contributed by atoms with Crippen LogP contribution in [0.3, 0.4) is 0 Å². The number of aryl methyl sites for hydroxylation is 1. The zero-order valence-electron chi connectivity index (χ0n) is 13.5. The molecule has 1 fully saturated rings. The fourth-order valence-corrected chi connectivity index (χ4v) is 2.55. The molecule has 2 aromatic rings. The molecule has 0 bridgehead atoms. The molecule has 1 aliphatic heterocycles. The van der Waals surface area contributed by atoms with Gasteiger partial charge >= 0.3 is 0 Å². The summed E-state index contributed by atoms with van der Waals surface area (Å²) in [4.78, 5) is 24.7. The van der Waals surface area contributed by atoms with Gasteiger partial charge in [0, 0.05) is 19.0 Å². The molecular formula is C17H20N4O3. The molecule has 7 heteroatoms. The van der Waals surface area contributed by atoms with Crippen molar-refractivity contribution >= 4 is 5.91 Å². The summed E-state index contributed by atoms with van der Waals surface area (Å²) in [5.74, 6) is 0.313. The monoisotopic (exact) mass is 328 g/mol. The molecule has 0 radical (unpaired) electrons. The largest absolute Gasteiger partial charge is 0.379 e. The summed E-state index contributed by atoms with van der Waals surface area (Å²) in [6, 6.07) is 7.08. The van der Waals surface area contributed by atoms with Crippen molar-refractivity contribution in [2.45, 2.75) is 32.1 Å². The molecule has 1 saturated heterocycles. The number of aromatic nitrogens is 3. The van der Waals surface area contributed by atoms with Crippen molar-refractivity contribution in [3.63, 3.8) is 0 Å². The van der Waals surface area contributed by atoms with Gasteiger partial charge in [-0.25, -0.2) is 9.97 Å². The van der Waals surface area contributed by atoms with E-state index in [1.165, 1.54) is 0 Å². The second-order valence-corrected chi connectivity index (χ2v) is 5.60. The molecule has 126 valence electrons. The van der Waals surface area contributed by atoms with E-state index in [2.05, 4.69) is 20.3 Å². The molecule has 0 aromatic carbocycles. The van der Waals surface area contributed by atoms with E-state index in [4.69, 9.17) is 9.47 Å². The number of nitrogens with one attached hydrogen (secondary N) is 1. The lowest BCUT2D eigenvalue weighted by atomic mass is 10.1. The van der Waals surface area contributed by atoms with Gasteiger partial charge in [-0.05, 0) is 31.5 Å². The molecule has 1 N–H and O–H groups in total. The van der Waals surface area contributed by atoms with Gasteiger partial charge in [-0.1, -0.05) is 6.07 Å². The molecule has 1 aliphatic rings. The highest BCUT2D eigenvalue weighted by molar-refractivity contribution is 5.92. The molecule has 0 unspecified atom stereocenters. The number of hydrogen-bond donors (Lipinski definition) is 1. The van der Waals surface area contributed by atoms with Crippen LogP contribution in [0.15, 0.2) is 36.7 Å². The summed E-state index contributed by atoms with van der Waals surface area (Å²) in [7, 11) is 0. The van der Waals surface area contributed by atoms with E-state index in [1.807, 2.05) is 18.2 Å². The minimum Gasteiger partial charge on any atom is -0.379 e. The lowest BCUT2D eigenvalue weighted by molar-refractivity contribution is -0.0613. The summed E-state index contributed by atoms with van der Waals surface area (Å²) in [5, 5.41) is 2.95. The first-order chi connectivity index (χ1) is 11.7. The van der Waals surface area contributed by atoms with E-state index in [0.29, 0.717) is 31.3 Å². The maximum absolute atomic E-state index is 12.4. The van der Waals surface area contributed by atoms with Crippen LogP contribution in [0.1, 0.15) is 28.4 Å². The summed E-state index contributed by atoms with van der Waals surface area (Å²) in [5.41, 5.74) is 1.21. The molecular weight excluding hydrogens is 308 g/mol. The predicted molar refractivity (Wildman–Crippen MR) is 86.3 cm³/mol. The van der Waals surface area contributed by atoms with Crippen LogP contribution in [0, 0.1) is 6.92 Å². The van der Waals surface area contributed by atoms with Gasteiger partial charge in [-0.2, -0.15) is 0 Å².